The van der Waals surface area contributed by atoms with E-state index in [0.29, 0.717) is 12.1 Å². The van der Waals surface area contributed by atoms with E-state index < -0.39 is 0 Å². The number of nitrogens with one attached hydrogen (secondary N) is 1. The van der Waals surface area contributed by atoms with E-state index in [9.17, 15) is 0 Å². The van der Waals surface area contributed by atoms with Gasteiger partial charge in [0.1, 0.15) is 0 Å². The average Bonchev–Trinajstić information content (AvgIpc) is 2.45. The minimum Gasteiger partial charge on any atom is -0.312 e. The maximum atomic E-state index is 3.55. The van der Waals surface area contributed by atoms with E-state index in [-0.39, 0.29) is 0 Å². The van der Waals surface area contributed by atoms with Crippen LogP contribution >= 0.6 is 0 Å². The fourth-order valence-corrected chi connectivity index (χ4v) is 3.51. The zero-order valence-electron chi connectivity index (χ0n) is 12.3. The van der Waals surface area contributed by atoms with E-state index >= 15 is 0 Å². The van der Waals surface area contributed by atoms with Gasteiger partial charge in [-0.15, -0.1) is 0 Å². The summed E-state index contributed by atoms with van der Waals surface area (Å²) in [7, 11) is 2.10. The molecule has 1 N–H and O–H groups in total. The minimum absolute atomic E-state index is 0.447. The van der Waals surface area contributed by atoms with Crippen molar-refractivity contribution >= 4 is 0 Å². The molecular weight excluding hydrogens is 234 g/mol. The molecule has 0 spiro atoms. The summed E-state index contributed by atoms with van der Waals surface area (Å²) >= 11 is 0. The molecule has 19 heavy (non-hydrogen) atoms. The number of hydrogen-bond donors (Lipinski definition) is 1. The van der Waals surface area contributed by atoms with E-state index in [1.807, 2.05) is 0 Å². The largest absolute Gasteiger partial charge is 0.312 e. The van der Waals surface area contributed by atoms with Crippen LogP contribution in [0.2, 0.25) is 0 Å². The van der Waals surface area contributed by atoms with Gasteiger partial charge in [-0.2, -0.15) is 0 Å². The lowest BCUT2D eigenvalue weighted by atomic mass is 9.92. The molecule has 3 nitrogen and oxygen atoms in total. The monoisotopic (exact) mass is 259 g/mol. The van der Waals surface area contributed by atoms with E-state index in [1.165, 1.54) is 49.4 Å². The summed E-state index contributed by atoms with van der Waals surface area (Å²) in [5, 5.41) is 3.55. The lowest BCUT2D eigenvalue weighted by molar-refractivity contribution is -0.00255. The molecule has 1 aromatic carbocycles. The molecule has 0 amide bonds. The van der Waals surface area contributed by atoms with Crippen LogP contribution in [0.1, 0.15) is 22.7 Å². The Labute approximate surface area is 116 Å². The SMILES string of the molecule is CNC(c1ccc(C)c(C)c1)C1CN2CCN1CC2. The van der Waals surface area contributed by atoms with Gasteiger partial charge in [0.05, 0.1) is 0 Å². The van der Waals surface area contributed by atoms with E-state index in [1.54, 1.807) is 0 Å². The van der Waals surface area contributed by atoms with Crippen LogP contribution in [0.15, 0.2) is 18.2 Å². The Bertz CT molecular complexity index is 449. The van der Waals surface area contributed by atoms with Gasteiger partial charge in [0.15, 0.2) is 0 Å². The Morgan fingerprint density at radius 2 is 1.84 bits per heavy atom. The van der Waals surface area contributed by atoms with Crippen LogP contribution in [-0.2, 0) is 0 Å². The van der Waals surface area contributed by atoms with Crippen LogP contribution in [0, 0.1) is 13.8 Å². The lowest BCUT2D eigenvalue weighted by Gasteiger charge is -2.50. The van der Waals surface area contributed by atoms with Gasteiger partial charge in [-0.05, 0) is 37.6 Å². The molecule has 4 rings (SSSR count). The molecule has 3 aliphatic heterocycles. The van der Waals surface area contributed by atoms with Crippen molar-refractivity contribution in [2.24, 2.45) is 0 Å². The van der Waals surface area contributed by atoms with E-state index in [2.05, 4.69) is 54.2 Å². The maximum Gasteiger partial charge on any atom is 0.0488 e. The van der Waals surface area contributed by atoms with Crippen molar-refractivity contribution in [1.29, 1.82) is 0 Å². The van der Waals surface area contributed by atoms with E-state index in [0.717, 1.165) is 0 Å². The molecular formula is C16H25N3. The first-order valence-electron chi connectivity index (χ1n) is 7.40. The highest BCUT2D eigenvalue weighted by molar-refractivity contribution is 5.32. The van der Waals surface area contributed by atoms with Gasteiger partial charge < -0.3 is 5.32 Å². The Hall–Kier alpha value is -0.900. The molecule has 3 fully saturated rings. The Morgan fingerprint density at radius 3 is 2.37 bits per heavy atom. The second kappa shape index (κ2) is 5.23. The number of hydrogen-bond acceptors (Lipinski definition) is 3. The van der Waals surface area contributed by atoms with Crippen LogP contribution in [0.4, 0.5) is 0 Å². The molecule has 3 saturated heterocycles. The van der Waals surface area contributed by atoms with Crippen molar-refractivity contribution in [2.45, 2.75) is 25.9 Å². The van der Waals surface area contributed by atoms with Crippen molar-refractivity contribution in [2.75, 3.05) is 39.8 Å². The Balaban J connectivity index is 1.85. The van der Waals surface area contributed by atoms with Gasteiger partial charge in [0.25, 0.3) is 0 Å². The van der Waals surface area contributed by atoms with Crippen molar-refractivity contribution in [3.05, 3.63) is 34.9 Å². The highest BCUT2D eigenvalue weighted by Crippen LogP contribution is 2.28. The predicted molar refractivity (Wildman–Crippen MR) is 79.5 cm³/mol. The summed E-state index contributed by atoms with van der Waals surface area (Å²) in [5.41, 5.74) is 4.21. The number of fused-ring (bicyclic) bond motifs is 3. The summed E-state index contributed by atoms with van der Waals surface area (Å²) in [6, 6.07) is 7.97. The lowest BCUT2D eigenvalue weighted by Crippen LogP contribution is -2.63. The van der Waals surface area contributed by atoms with Gasteiger partial charge in [-0.3, -0.25) is 9.80 Å². The number of aryl methyl sites for hydroxylation is 2. The summed E-state index contributed by atoms with van der Waals surface area (Å²) in [6.07, 6.45) is 0. The second-order valence-corrected chi connectivity index (χ2v) is 6.01. The molecule has 0 saturated carbocycles. The van der Waals surface area contributed by atoms with Gasteiger partial charge in [0.2, 0.25) is 0 Å². The third-order valence-corrected chi connectivity index (χ3v) is 4.91. The zero-order chi connectivity index (χ0) is 13.4. The maximum absolute atomic E-state index is 3.55. The molecule has 1 aromatic rings. The molecule has 0 aromatic heterocycles. The molecule has 2 unspecified atom stereocenters. The summed E-state index contributed by atoms with van der Waals surface area (Å²) in [4.78, 5) is 5.27. The van der Waals surface area contributed by atoms with Gasteiger partial charge in [-0.25, -0.2) is 0 Å². The van der Waals surface area contributed by atoms with Crippen LogP contribution < -0.4 is 5.32 Å². The first-order chi connectivity index (χ1) is 9.19. The standard InChI is InChI=1S/C16H25N3/c1-12-4-5-14(10-13(12)2)16(17-3)15-11-18-6-8-19(15)9-7-18/h4-5,10,15-17H,6-9,11H2,1-3H3. The molecule has 0 aliphatic carbocycles. The highest BCUT2D eigenvalue weighted by Gasteiger charge is 2.36. The van der Waals surface area contributed by atoms with Crippen molar-refractivity contribution in [3.63, 3.8) is 0 Å². The molecule has 2 bridgehead atoms. The quantitative estimate of drug-likeness (QED) is 0.889. The number of benzene rings is 1. The number of piperazine rings is 3. The zero-order valence-corrected chi connectivity index (χ0v) is 12.3. The second-order valence-electron chi connectivity index (χ2n) is 6.01. The molecule has 3 aliphatic rings. The fraction of sp³-hybridized carbons (Fsp3) is 0.625. The van der Waals surface area contributed by atoms with Gasteiger partial charge in [0, 0.05) is 44.8 Å². The number of nitrogens with zero attached hydrogens (tertiary/aromatic N) is 2. The first-order valence-corrected chi connectivity index (χ1v) is 7.40. The van der Waals surface area contributed by atoms with Gasteiger partial charge >= 0.3 is 0 Å². The Kier molecular flexibility index (Phi) is 3.61. The van der Waals surface area contributed by atoms with Crippen LogP contribution in [-0.4, -0.2) is 55.6 Å². The Morgan fingerprint density at radius 1 is 1.11 bits per heavy atom. The molecule has 104 valence electrons. The normalized spacial score (nSPS) is 31.4. The fourth-order valence-electron chi connectivity index (χ4n) is 3.51. The third-order valence-electron chi connectivity index (χ3n) is 4.91. The van der Waals surface area contributed by atoms with Gasteiger partial charge in [-0.1, -0.05) is 18.2 Å². The smallest absolute Gasteiger partial charge is 0.0488 e. The highest BCUT2D eigenvalue weighted by atomic mass is 15.4. The van der Waals surface area contributed by atoms with Crippen molar-refractivity contribution in [3.8, 4) is 0 Å². The van der Waals surface area contributed by atoms with E-state index in [4.69, 9.17) is 0 Å². The molecule has 2 atom stereocenters. The van der Waals surface area contributed by atoms with Crippen molar-refractivity contribution in [1.82, 2.24) is 15.1 Å². The van der Waals surface area contributed by atoms with Crippen molar-refractivity contribution < 1.29 is 0 Å². The number of likely N-dealkylation sites (N-methyl/N-ethyl adjacent to an activating group) is 1. The number of rotatable bonds is 3. The topological polar surface area (TPSA) is 18.5 Å². The summed E-state index contributed by atoms with van der Waals surface area (Å²) in [5.74, 6) is 0. The first kappa shape index (κ1) is 13.1. The minimum atomic E-state index is 0.447. The average molecular weight is 259 g/mol. The summed E-state index contributed by atoms with van der Waals surface area (Å²) in [6.45, 7) is 10.6. The molecule has 3 heteroatoms. The van der Waals surface area contributed by atoms with Crippen LogP contribution in [0.25, 0.3) is 0 Å². The predicted octanol–water partition coefficient (Wildman–Crippen LogP) is 1.56. The summed E-state index contributed by atoms with van der Waals surface area (Å²) < 4.78 is 0. The molecule has 3 heterocycles. The van der Waals surface area contributed by atoms with Crippen LogP contribution in [0.5, 0.6) is 0 Å². The van der Waals surface area contributed by atoms with Crippen LogP contribution in [0.3, 0.4) is 0 Å². The molecule has 0 radical (unpaired) electrons. The third kappa shape index (κ3) is 2.42.